The molecule has 0 aromatic heterocycles. The molecule has 0 radical (unpaired) electrons. The first-order valence-electron chi connectivity index (χ1n) is 4.82. The van der Waals surface area contributed by atoms with E-state index in [0.29, 0.717) is 11.8 Å². The van der Waals surface area contributed by atoms with E-state index in [1.807, 2.05) is 0 Å². The molecule has 0 saturated heterocycles. The van der Waals surface area contributed by atoms with E-state index in [1.165, 1.54) is 0 Å². The van der Waals surface area contributed by atoms with E-state index < -0.39 is 0 Å². The third-order valence-electron chi connectivity index (χ3n) is 2.28. The molecule has 0 saturated carbocycles. The van der Waals surface area contributed by atoms with Gasteiger partial charge in [0.2, 0.25) is 0 Å². The zero-order chi connectivity index (χ0) is 10.0. The molecule has 14 heavy (non-hydrogen) atoms. The average Bonchev–Trinajstić information content (AvgIpc) is 2.03. The fraction of sp³-hybridized carbons (Fsp3) is 0.500. The van der Waals surface area contributed by atoms with Crippen LogP contribution in [0.4, 0.5) is 0 Å². The summed E-state index contributed by atoms with van der Waals surface area (Å²) in [5, 5.41) is 11.3. The van der Waals surface area contributed by atoms with Crippen LogP contribution in [0, 0.1) is 0 Å². The summed E-state index contributed by atoms with van der Waals surface area (Å²) in [6, 6.07) is 5.60. The minimum Gasteiger partial charge on any atom is -0.872 e. The smallest absolute Gasteiger partial charge is 0.872 e. The maximum absolute atomic E-state index is 11.3. The van der Waals surface area contributed by atoms with Crippen LogP contribution in [0.3, 0.4) is 0 Å². The third kappa shape index (κ3) is 3.40. The van der Waals surface area contributed by atoms with E-state index >= 15 is 0 Å². The van der Waals surface area contributed by atoms with E-state index in [0.717, 1.165) is 11.1 Å². The molecule has 1 nitrogen and oxygen atoms in total. The summed E-state index contributed by atoms with van der Waals surface area (Å²) in [7, 11) is 0. The molecule has 0 N–H and O–H groups in total. The van der Waals surface area contributed by atoms with Crippen LogP contribution in [0.5, 0.6) is 5.75 Å². The molecule has 0 spiro atoms. The van der Waals surface area contributed by atoms with Gasteiger partial charge in [-0.3, -0.25) is 0 Å². The molecule has 0 aliphatic carbocycles. The van der Waals surface area contributed by atoms with Gasteiger partial charge < -0.3 is 5.11 Å². The Kier molecular flexibility index (Phi) is 5.34. The van der Waals surface area contributed by atoms with Gasteiger partial charge in [-0.1, -0.05) is 45.9 Å². The zero-order valence-corrected chi connectivity index (χ0v) is 9.79. The summed E-state index contributed by atoms with van der Waals surface area (Å²) < 4.78 is 0. The van der Waals surface area contributed by atoms with Crippen molar-refractivity contribution in [2.45, 2.75) is 39.5 Å². The van der Waals surface area contributed by atoms with Crippen molar-refractivity contribution in [1.82, 2.24) is 0 Å². The standard InChI is InChI=1S/C12H18O.Li/c1-8(2)10-5-11(9(3)4)7-12(13)6-10;/h5-9,13H,1-4H3;/q;+1/p-1. The van der Waals surface area contributed by atoms with Gasteiger partial charge in [0.25, 0.3) is 0 Å². The third-order valence-corrected chi connectivity index (χ3v) is 2.28. The second-order valence-electron chi connectivity index (χ2n) is 4.14. The fourth-order valence-corrected chi connectivity index (χ4v) is 1.31. The van der Waals surface area contributed by atoms with Crippen molar-refractivity contribution in [2.75, 3.05) is 0 Å². The van der Waals surface area contributed by atoms with Gasteiger partial charge in [0, 0.05) is 0 Å². The minimum atomic E-state index is 0. The molecule has 0 amide bonds. The van der Waals surface area contributed by atoms with Gasteiger partial charge in [0.1, 0.15) is 0 Å². The normalized spacial score (nSPS) is 10.4. The van der Waals surface area contributed by atoms with E-state index in [-0.39, 0.29) is 24.6 Å². The molecule has 0 aliphatic heterocycles. The molecule has 0 atom stereocenters. The predicted octanol–water partition coefficient (Wildman–Crippen LogP) is 0.0110. The Morgan fingerprint density at radius 2 is 1.21 bits per heavy atom. The van der Waals surface area contributed by atoms with Gasteiger partial charge in [-0.2, -0.15) is 0 Å². The maximum Gasteiger partial charge on any atom is 1.00 e. The van der Waals surface area contributed by atoms with Gasteiger partial charge in [-0.15, -0.1) is 5.75 Å². The first-order valence-corrected chi connectivity index (χ1v) is 4.82. The van der Waals surface area contributed by atoms with Gasteiger partial charge in [0.15, 0.2) is 0 Å². The molecule has 1 aromatic rings. The predicted molar refractivity (Wildman–Crippen MR) is 54.1 cm³/mol. The maximum atomic E-state index is 11.3. The van der Waals surface area contributed by atoms with Crippen LogP contribution in [-0.2, 0) is 0 Å². The summed E-state index contributed by atoms with van der Waals surface area (Å²) in [6.45, 7) is 8.44. The van der Waals surface area contributed by atoms with Crippen molar-refractivity contribution in [3.05, 3.63) is 29.3 Å². The monoisotopic (exact) mass is 184 g/mol. The number of hydrogen-bond donors (Lipinski definition) is 0. The average molecular weight is 184 g/mol. The first-order chi connectivity index (χ1) is 6.00. The van der Waals surface area contributed by atoms with E-state index in [9.17, 15) is 5.11 Å². The van der Waals surface area contributed by atoms with E-state index in [4.69, 9.17) is 0 Å². The molecule has 0 fully saturated rings. The quantitative estimate of drug-likeness (QED) is 0.594. The summed E-state index contributed by atoms with van der Waals surface area (Å²) in [6.07, 6.45) is 0. The van der Waals surface area contributed by atoms with Crippen LogP contribution >= 0.6 is 0 Å². The molecule has 72 valence electrons. The van der Waals surface area contributed by atoms with Gasteiger partial charge in [-0.05, 0) is 23.0 Å². The molecule has 0 aliphatic rings. The van der Waals surface area contributed by atoms with Gasteiger partial charge in [0.05, 0.1) is 0 Å². The van der Waals surface area contributed by atoms with Crippen LogP contribution in [0.25, 0.3) is 0 Å². The Morgan fingerprint density at radius 3 is 1.50 bits per heavy atom. The van der Waals surface area contributed by atoms with Crippen LogP contribution < -0.4 is 24.0 Å². The number of benzene rings is 1. The van der Waals surface area contributed by atoms with Crippen molar-refractivity contribution >= 4 is 0 Å². The molecule has 1 rings (SSSR count). The first kappa shape index (κ1) is 13.6. The Labute approximate surface area is 98.7 Å². The van der Waals surface area contributed by atoms with Crippen molar-refractivity contribution in [2.24, 2.45) is 0 Å². The zero-order valence-electron chi connectivity index (χ0n) is 9.79. The molecule has 0 heterocycles. The summed E-state index contributed by atoms with van der Waals surface area (Å²) >= 11 is 0. The second-order valence-corrected chi connectivity index (χ2v) is 4.14. The van der Waals surface area contributed by atoms with Gasteiger partial charge in [-0.25, -0.2) is 0 Å². The van der Waals surface area contributed by atoms with Gasteiger partial charge >= 0.3 is 18.9 Å². The second kappa shape index (κ2) is 5.49. The molecular weight excluding hydrogens is 167 g/mol. The molecule has 0 unspecified atom stereocenters. The van der Waals surface area contributed by atoms with E-state index in [2.05, 4.69) is 33.8 Å². The Balaban J connectivity index is 0.00000169. The summed E-state index contributed by atoms with van der Waals surface area (Å²) in [5.74, 6) is 1.01. The Morgan fingerprint density at radius 1 is 0.857 bits per heavy atom. The Bertz CT molecular complexity index is 266. The summed E-state index contributed by atoms with van der Waals surface area (Å²) in [4.78, 5) is 0. The number of rotatable bonds is 2. The molecule has 0 bridgehead atoms. The molecule has 2 heteroatoms. The van der Waals surface area contributed by atoms with Crippen molar-refractivity contribution in [3.63, 3.8) is 0 Å². The van der Waals surface area contributed by atoms with Crippen LogP contribution in [0.2, 0.25) is 0 Å². The van der Waals surface area contributed by atoms with Crippen LogP contribution in [0.1, 0.15) is 50.7 Å². The van der Waals surface area contributed by atoms with Crippen LogP contribution in [0.15, 0.2) is 18.2 Å². The minimum absolute atomic E-state index is 0. The SMILES string of the molecule is CC(C)c1cc([O-])cc(C(C)C)c1.[Li+]. The van der Waals surface area contributed by atoms with Crippen molar-refractivity contribution < 1.29 is 24.0 Å². The topological polar surface area (TPSA) is 23.1 Å². The van der Waals surface area contributed by atoms with Crippen LogP contribution in [-0.4, -0.2) is 0 Å². The largest absolute Gasteiger partial charge is 1.00 e. The number of hydrogen-bond acceptors (Lipinski definition) is 1. The molecule has 1 aromatic carbocycles. The summed E-state index contributed by atoms with van der Waals surface area (Å²) in [5.41, 5.74) is 2.30. The van der Waals surface area contributed by atoms with E-state index in [1.54, 1.807) is 12.1 Å². The fourth-order valence-electron chi connectivity index (χ4n) is 1.31. The van der Waals surface area contributed by atoms with Crippen molar-refractivity contribution in [3.8, 4) is 5.75 Å². The Hall–Kier alpha value is -0.383. The molecular formula is C12H17LiO. The van der Waals surface area contributed by atoms with Crippen molar-refractivity contribution in [1.29, 1.82) is 0 Å².